The summed E-state index contributed by atoms with van der Waals surface area (Å²) in [6.45, 7) is 7.42. The molecule has 1 aromatic heterocycles. The lowest BCUT2D eigenvalue weighted by Gasteiger charge is -2.19. The first-order valence-electron chi connectivity index (χ1n) is 9.82. The van der Waals surface area contributed by atoms with Crippen LogP contribution < -0.4 is 10.1 Å². The number of likely N-dealkylation sites (tertiary alicyclic amines) is 1. The van der Waals surface area contributed by atoms with Crippen molar-refractivity contribution in [2.75, 3.05) is 19.7 Å². The van der Waals surface area contributed by atoms with E-state index >= 15 is 0 Å². The molecule has 2 N–H and O–H groups in total. The maximum atomic E-state index is 11.8. The molecule has 0 aliphatic carbocycles. The number of thiazole rings is 1. The van der Waals surface area contributed by atoms with Crippen LogP contribution in [0.1, 0.15) is 32.1 Å². The molecule has 162 valence electrons. The fraction of sp³-hybridized carbons (Fsp3) is 0.476. The first-order chi connectivity index (χ1) is 14.2. The van der Waals surface area contributed by atoms with Crippen LogP contribution >= 0.6 is 11.3 Å². The van der Waals surface area contributed by atoms with Crippen LogP contribution in [0.3, 0.4) is 0 Å². The largest absolute Gasteiger partial charge is 0.493 e. The summed E-state index contributed by atoms with van der Waals surface area (Å²) in [5.41, 5.74) is 0.439. The molecule has 1 aromatic carbocycles. The molecule has 0 unspecified atom stereocenters. The number of nitrogens with zero attached hydrogens (tertiary/aromatic N) is 2. The summed E-state index contributed by atoms with van der Waals surface area (Å²) in [4.78, 5) is 29.5. The molecule has 2 heterocycles. The Labute approximate surface area is 179 Å². The Morgan fingerprint density at radius 1 is 1.30 bits per heavy atom. The Bertz CT molecular complexity index is 876. The molecular weight excluding hydrogens is 406 g/mol. The lowest BCUT2D eigenvalue weighted by Crippen LogP contribution is -2.31. The highest BCUT2D eigenvalue weighted by Gasteiger charge is 2.26. The molecule has 1 aliphatic rings. The number of rotatable bonds is 6. The van der Waals surface area contributed by atoms with Crippen LogP contribution in [0.25, 0.3) is 10.6 Å². The Morgan fingerprint density at radius 3 is 2.67 bits per heavy atom. The van der Waals surface area contributed by atoms with E-state index in [2.05, 4.69) is 10.3 Å². The van der Waals surface area contributed by atoms with Crippen molar-refractivity contribution < 1.29 is 24.2 Å². The number of ether oxygens (including phenoxy) is 2. The molecule has 1 atom stereocenters. The molecule has 0 radical (unpaired) electrons. The third-order valence-corrected chi connectivity index (χ3v) is 5.55. The number of nitrogens with one attached hydrogen (secondary N) is 1. The summed E-state index contributed by atoms with van der Waals surface area (Å²) in [7, 11) is 0. The van der Waals surface area contributed by atoms with Crippen LogP contribution in [0.2, 0.25) is 0 Å². The van der Waals surface area contributed by atoms with Gasteiger partial charge in [0.05, 0.1) is 13.2 Å². The van der Waals surface area contributed by atoms with Gasteiger partial charge in [0.25, 0.3) is 0 Å². The van der Waals surface area contributed by atoms with Gasteiger partial charge in [-0.25, -0.2) is 14.6 Å². The van der Waals surface area contributed by atoms with E-state index in [-0.39, 0.29) is 5.92 Å². The highest BCUT2D eigenvalue weighted by atomic mass is 32.1. The van der Waals surface area contributed by atoms with E-state index in [0.717, 1.165) is 27.6 Å². The highest BCUT2D eigenvalue weighted by Crippen LogP contribution is 2.27. The van der Waals surface area contributed by atoms with Gasteiger partial charge in [0.15, 0.2) is 0 Å². The molecular formula is C21H27N3O5S. The average Bonchev–Trinajstić information content (AvgIpc) is 3.33. The number of aromatic nitrogens is 1. The van der Waals surface area contributed by atoms with E-state index in [0.29, 0.717) is 26.2 Å². The third-order valence-electron chi connectivity index (χ3n) is 4.50. The smallest absolute Gasteiger partial charge is 0.407 e. The minimum absolute atomic E-state index is 0.222. The quantitative estimate of drug-likeness (QED) is 0.708. The normalized spacial score (nSPS) is 16.4. The van der Waals surface area contributed by atoms with Gasteiger partial charge in [-0.1, -0.05) is 0 Å². The van der Waals surface area contributed by atoms with Gasteiger partial charge < -0.3 is 24.8 Å². The number of benzene rings is 1. The zero-order chi connectivity index (χ0) is 21.7. The van der Waals surface area contributed by atoms with Gasteiger partial charge in [-0.3, -0.25) is 0 Å². The Kier molecular flexibility index (Phi) is 6.81. The van der Waals surface area contributed by atoms with Crippen LogP contribution in [-0.4, -0.2) is 52.5 Å². The van der Waals surface area contributed by atoms with Crippen molar-refractivity contribution in [3.63, 3.8) is 0 Å². The van der Waals surface area contributed by atoms with Crippen molar-refractivity contribution in [1.82, 2.24) is 15.2 Å². The molecule has 2 aromatic rings. The van der Waals surface area contributed by atoms with Gasteiger partial charge in [-0.15, -0.1) is 11.3 Å². The Balaban J connectivity index is 1.48. The summed E-state index contributed by atoms with van der Waals surface area (Å²) >= 11 is 1.51. The first-order valence-corrected chi connectivity index (χ1v) is 10.6. The van der Waals surface area contributed by atoms with Crippen LogP contribution in [0, 0.1) is 5.92 Å². The van der Waals surface area contributed by atoms with E-state index in [1.807, 2.05) is 45.0 Å². The molecule has 30 heavy (non-hydrogen) atoms. The number of carboxylic acid groups (broad SMARTS) is 1. The van der Waals surface area contributed by atoms with Gasteiger partial charge in [0, 0.05) is 35.6 Å². The fourth-order valence-electron chi connectivity index (χ4n) is 3.05. The second-order valence-electron chi connectivity index (χ2n) is 8.21. The summed E-state index contributed by atoms with van der Waals surface area (Å²) in [6, 6.07) is 7.66. The third kappa shape index (κ3) is 6.35. The monoisotopic (exact) mass is 433 g/mol. The standard InChI is InChI=1S/C21H27N3O5S/c1-21(2,3)29-19(25)23-11-17-10-22-18(30-17)15-4-6-16(7-5-15)28-13-14-8-9-24(12-14)20(26)27/h4-7,10,14H,8-9,11-13H2,1-3H3,(H,23,25)(H,26,27)/t14-/m1/s1. The number of hydrogen-bond donors (Lipinski definition) is 2. The van der Waals surface area contributed by atoms with E-state index < -0.39 is 17.8 Å². The summed E-state index contributed by atoms with van der Waals surface area (Å²) in [5.74, 6) is 0.968. The maximum Gasteiger partial charge on any atom is 0.407 e. The maximum absolute atomic E-state index is 11.8. The molecule has 1 saturated heterocycles. The fourth-order valence-corrected chi connectivity index (χ4v) is 3.90. The Hall–Kier alpha value is -2.81. The van der Waals surface area contributed by atoms with Crippen molar-refractivity contribution in [3.05, 3.63) is 35.3 Å². The van der Waals surface area contributed by atoms with E-state index in [9.17, 15) is 9.59 Å². The van der Waals surface area contributed by atoms with Crippen molar-refractivity contribution in [2.24, 2.45) is 5.92 Å². The van der Waals surface area contributed by atoms with Crippen LogP contribution in [0.15, 0.2) is 30.5 Å². The zero-order valence-corrected chi connectivity index (χ0v) is 18.2. The summed E-state index contributed by atoms with van der Waals surface area (Å²) < 4.78 is 11.1. The predicted octanol–water partition coefficient (Wildman–Crippen LogP) is 4.21. The lowest BCUT2D eigenvalue weighted by molar-refractivity contribution is 0.0524. The second-order valence-corrected chi connectivity index (χ2v) is 9.32. The molecule has 1 fully saturated rings. The minimum atomic E-state index is -0.869. The lowest BCUT2D eigenvalue weighted by atomic mass is 10.1. The number of carbonyl (C=O) groups is 2. The molecule has 1 aliphatic heterocycles. The molecule has 3 rings (SSSR count). The molecule has 9 heteroatoms. The van der Waals surface area contributed by atoms with Crippen molar-refractivity contribution in [1.29, 1.82) is 0 Å². The molecule has 8 nitrogen and oxygen atoms in total. The highest BCUT2D eigenvalue weighted by molar-refractivity contribution is 7.15. The van der Waals surface area contributed by atoms with Gasteiger partial charge in [0.2, 0.25) is 0 Å². The molecule has 0 saturated carbocycles. The topological polar surface area (TPSA) is 101 Å². The van der Waals surface area contributed by atoms with Gasteiger partial charge >= 0.3 is 12.2 Å². The SMILES string of the molecule is CC(C)(C)OC(=O)NCc1cnc(-c2ccc(OC[C@@H]3CCN(C(=O)O)C3)cc2)s1. The van der Waals surface area contributed by atoms with Crippen LogP contribution in [0.5, 0.6) is 5.75 Å². The van der Waals surface area contributed by atoms with Crippen molar-refractivity contribution in [3.8, 4) is 16.3 Å². The number of carbonyl (C=O) groups excluding carboxylic acids is 1. The van der Waals surface area contributed by atoms with E-state index in [4.69, 9.17) is 14.6 Å². The van der Waals surface area contributed by atoms with Crippen LogP contribution in [0.4, 0.5) is 9.59 Å². The van der Waals surface area contributed by atoms with Gasteiger partial charge in [-0.05, 0) is 51.5 Å². The Morgan fingerprint density at radius 2 is 2.03 bits per heavy atom. The number of hydrogen-bond acceptors (Lipinski definition) is 6. The van der Waals surface area contributed by atoms with Gasteiger partial charge in [0.1, 0.15) is 16.4 Å². The number of alkyl carbamates (subject to hydrolysis) is 1. The average molecular weight is 434 g/mol. The van der Waals surface area contributed by atoms with Crippen LogP contribution in [-0.2, 0) is 11.3 Å². The minimum Gasteiger partial charge on any atom is -0.493 e. The van der Waals surface area contributed by atoms with Crippen molar-refractivity contribution in [2.45, 2.75) is 39.3 Å². The summed E-state index contributed by atoms with van der Waals surface area (Å²) in [6.07, 6.45) is 1.25. The van der Waals surface area contributed by atoms with E-state index in [1.165, 1.54) is 16.2 Å². The zero-order valence-electron chi connectivity index (χ0n) is 17.4. The first kappa shape index (κ1) is 21.9. The van der Waals surface area contributed by atoms with E-state index in [1.54, 1.807) is 6.20 Å². The molecule has 2 amide bonds. The molecule has 0 spiro atoms. The van der Waals surface area contributed by atoms with Crippen molar-refractivity contribution >= 4 is 23.5 Å². The number of amides is 2. The summed E-state index contributed by atoms with van der Waals surface area (Å²) in [5, 5.41) is 12.6. The van der Waals surface area contributed by atoms with Gasteiger partial charge in [-0.2, -0.15) is 0 Å². The molecule has 0 bridgehead atoms. The predicted molar refractivity (Wildman–Crippen MR) is 114 cm³/mol. The second kappa shape index (κ2) is 9.34.